The molecule has 0 saturated carbocycles. The van der Waals surface area contributed by atoms with Crippen LogP contribution in [0.15, 0.2) is 40.8 Å². The van der Waals surface area contributed by atoms with Gasteiger partial charge in [0.05, 0.1) is 7.11 Å². The Balaban J connectivity index is 1.68. The van der Waals surface area contributed by atoms with E-state index in [0.29, 0.717) is 41.0 Å². The van der Waals surface area contributed by atoms with Crippen molar-refractivity contribution in [3.63, 3.8) is 0 Å². The lowest BCUT2D eigenvalue weighted by atomic mass is 10.1. The van der Waals surface area contributed by atoms with E-state index in [1.807, 2.05) is 12.1 Å². The number of benzene rings is 2. The van der Waals surface area contributed by atoms with Crippen molar-refractivity contribution >= 4 is 22.9 Å². The molecule has 1 aromatic heterocycles. The summed E-state index contributed by atoms with van der Waals surface area (Å²) in [5.41, 5.74) is 2.96. The van der Waals surface area contributed by atoms with Crippen molar-refractivity contribution in [2.75, 3.05) is 7.11 Å². The molecule has 0 unspecified atom stereocenters. The zero-order valence-electron chi connectivity index (χ0n) is 13.2. The highest BCUT2D eigenvalue weighted by Gasteiger charge is 2.36. The molecular weight excluding hydrogens is 311 g/mol. The predicted octanol–water partition coefficient (Wildman–Crippen LogP) is 2.77. The number of halogens is 1. The summed E-state index contributed by atoms with van der Waals surface area (Å²) in [6, 6.07) is 9.91. The smallest absolute Gasteiger partial charge is 0.493 e. The van der Waals surface area contributed by atoms with Gasteiger partial charge in [0.15, 0.2) is 28.3 Å². The third kappa shape index (κ3) is 2.43. The summed E-state index contributed by atoms with van der Waals surface area (Å²) in [6.45, 7) is 1.78. The molecule has 2 aromatic carbocycles. The monoisotopic (exact) mass is 325 g/mol. The molecule has 0 spiro atoms. The number of oxazole rings is 1. The number of ether oxygens (including phenoxy) is 2. The molecule has 120 valence electrons. The third-order valence-corrected chi connectivity index (χ3v) is 3.77. The first-order valence-corrected chi connectivity index (χ1v) is 7.45. The molecule has 0 amide bonds. The van der Waals surface area contributed by atoms with Gasteiger partial charge in [0.2, 0.25) is 0 Å². The van der Waals surface area contributed by atoms with Gasteiger partial charge in [-0.1, -0.05) is 12.1 Å². The number of methoxy groups -OCH3 is 1. The van der Waals surface area contributed by atoms with Gasteiger partial charge in [0, 0.05) is 6.92 Å². The molecular formula is C18H14FN2O3+. The number of hydrogen-bond acceptors (Lipinski definition) is 4. The van der Waals surface area contributed by atoms with Crippen LogP contribution in [0.5, 0.6) is 5.75 Å². The van der Waals surface area contributed by atoms with E-state index in [2.05, 4.69) is 9.65 Å². The van der Waals surface area contributed by atoms with Gasteiger partial charge < -0.3 is 13.9 Å². The van der Waals surface area contributed by atoms with Gasteiger partial charge >= 0.3 is 11.8 Å². The fourth-order valence-corrected chi connectivity index (χ4v) is 2.65. The van der Waals surface area contributed by atoms with Crippen molar-refractivity contribution in [2.45, 2.75) is 13.3 Å². The first-order valence-electron chi connectivity index (χ1n) is 7.45. The molecule has 0 atom stereocenters. The lowest BCUT2D eigenvalue weighted by Gasteiger charge is -2.07. The van der Waals surface area contributed by atoms with Crippen molar-refractivity contribution in [1.82, 2.24) is 9.65 Å². The van der Waals surface area contributed by atoms with Gasteiger partial charge in [-0.25, -0.2) is 9.37 Å². The van der Waals surface area contributed by atoms with Crippen molar-refractivity contribution < 1.29 is 18.3 Å². The lowest BCUT2D eigenvalue weighted by molar-refractivity contribution is 0.413. The standard InChI is InChI=1S/C18H14FN2O3/c1-10-20-16-14(23-10)8-7-13(17(16)22-2)18-21-15(24-18)9-11-3-5-12(19)6-4-11/h3-8H,9H2,1-2H3/q+1. The third-order valence-electron chi connectivity index (χ3n) is 3.77. The van der Waals surface area contributed by atoms with Gasteiger partial charge in [0.1, 0.15) is 12.2 Å². The van der Waals surface area contributed by atoms with Gasteiger partial charge in [-0.3, -0.25) is 0 Å². The Morgan fingerprint density at radius 2 is 1.92 bits per heavy atom. The second kappa shape index (κ2) is 5.51. The average molecular weight is 325 g/mol. The quantitative estimate of drug-likeness (QED) is 0.692. The van der Waals surface area contributed by atoms with E-state index < -0.39 is 0 Å². The molecule has 0 radical (unpaired) electrons. The molecule has 6 heteroatoms. The van der Waals surface area contributed by atoms with Crippen LogP contribution in [0.1, 0.15) is 17.0 Å². The van der Waals surface area contributed by atoms with Gasteiger partial charge in [-0.2, -0.15) is 0 Å². The normalized spacial score (nSPS) is 13.1. The summed E-state index contributed by atoms with van der Waals surface area (Å²) in [5, 5.41) is 0. The van der Waals surface area contributed by atoms with Gasteiger partial charge in [-0.05, 0) is 34.5 Å². The molecule has 24 heavy (non-hydrogen) atoms. The summed E-state index contributed by atoms with van der Waals surface area (Å²) >= 11 is 0. The molecule has 5 nitrogen and oxygen atoms in total. The molecule has 1 aliphatic rings. The van der Waals surface area contributed by atoms with Crippen molar-refractivity contribution in [2.24, 2.45) is 0 Å². The second-order valence-electron chi connectivity index (χ2n) is 5.44. The highest BCUT2D eigenvalue weighted by molar-refractivity contribution is 6.12. The first kappa shape index (κ1) is 14.5. The number of fused-ring (bicyclic) bond motifs is 1. The SMILES string of the molecule is COc1c(C2=[N+]=C(Cc3ccc(F)cc3)O2)ccc2oc(C)nc12. The van der Waals surface area contributed by atoms with Crippen molar-refractivity contribution in [3.8, 4) is 5.75 Å². The summed E-state index contributed by atoms with van der Waals surface area (Å²) in [4.78, 5) is 4.34. The minimum Gasteiger partial charge on any atom is -0.493 e. The van der Waals surface area contributed by atoms with Crippen LogP contribution in [0, 0.1) is 12.7 Å². The van der Waals surface area contributed by atoms with Crippen LogP contribution in [0.3, 0.4) is 0 Å². The molecule has 2 heterocycles. The maximum atomic E-state index is 12.9. The maximum Gasteiger partial charge on any atom is 0.513 e. The fourth-order valence-electron chi connectivity index (χ4n) is 2.65. The highest BCUT2D eigenvalue weighted by Crippen LogP contribution is 2.30. The number of aromatic nitrogens is 1. The second-order valence-corrected chi connectivity index (χ2v) is 5.44. The molecule has 4 rings (SSSR count). The van der Waals surface area contributed by atoms with E-state index in [9.17, 15) is 4.39 Å². The maximum absolute atomic E-state index is 12.9. The molecule has 3 aromatic rings. The van der Waals surface area contributed by atoms with Crippen molar-refractivity contribution in [3.05, 3.63) is 59.2 Å². The van der Waals surface area contributed by atoms with Crippen LogP contribution >= 0.6 is 0 Å². The Hall–Kier alpha value is -3.11. The molecule has 0 N–H and O–H groups in total. The summed E-state index contributed by atoms with van der Waals surface area (Å²) in [5.74, 6) is 1.94. The Morgan fingerprint density at radius 1 is 1.17 bits per heavy atom. The van der Waals surface area contributed by atoms with Gasteiger partial charge in [0.25, 0.3) is 0 Å². The van der Waals surface area contributed by atoms with Crippen molar-refractivity contribution in [1.29, 1.82) is 0 Å². The molecule has 0 saturated heterocycles. The van der Waals surface area contributed by atoms with Crippen LogP contribution < -0.4 is 9.40 Å². The van der Waals surface area contributed by atoms with E-state index in [1.54, 1.807) is 26.2 Å². The topological polar surface area (TPSA) is 58.6 Å². The lowest BCUT2D eigenvalue weighted by Crippen LogP contribution is -2.30. The Kier molecular flexibility index (Phi) is 3.32. The summed E-state index contributed by atoms with van der Waals surface area (Å²) < 4.78 is 34.0. The van der Waals surface area contributed by atoms with E-state index in [4.69, 9.17) is 13.9 Å². The van der Waals surface area contributed by atoms with Crippen LogP contribution in [0.4, 0.5) is 4.39 Å². The summed E-state index contributed by atoms with van der Waals surface area (Å²) in [6.07, 6.45) is 0.511. The van der Waals surface area contributed by atoms with E-state index in [-0.39, 0.29) is 5.82 Å². The zero-order valence-corrected chi connectivity index (χ0v) is 13.2. The highest BCUT2D eigenvalue weighted by atomic mass is 19.1. The molecule has 1 aliphatic heterocycles. The predicted molar refractivity (Wildman–Crippen MR) is 87.7 cm³/mol. The molecule has 0 bridgehead atoms. The van der Waals surface area contributed by atoms with Crippen LogP contribution in [0.25, 0.3) is 11.1 Å². The van der Waals surface area contributed by atoms with Crippen LogP contribution in [-0.2, 0) is 11.2 Å². The minimum absolute atomic E-state index is 0.261. The largest absolute Gasteiger partial charge is 0.513 e. The average Bonchev–Trinajstić information content (AvgIpc) is 2.91. The van der Waals surface area contributed by atoms with E-state index in [0.717, 1.165) is 11.1 Å². The van der Waals surface area contributed by atoms with E-state index in [1.165, 1.54) is 12.1 Å². The Labute approximate surface area is 137 Å². The van der Waals surface area contributed by atoms with Crippen LogP contribution in [-0.4, -0.2) is 23.9 Å². The number of rotatable bonds is 4. The fraction of sp³-hybridized carbons (Fsp3) is 0.167. The zero-order chi connectivity index (χ0) is 16.7. The number of nitrogens with zero attached hydrogens (tertiary/aromatic N) is 2. The van der Waals surface area contributed by atoms with Crippen LogP contribution in [0.2, 0.25) is 0 Å². The molecule has 0 aliphatic carbocycles. The minimum atomic E-state index is -0.261. The Morgan fingerprint density at radius 3 is 2.62 bits per heavy atom. The number of aryl methyl sites for hydroxylation is 1. The number of hydrogen-bond donors (Lipinski definition) is 0. The first-order chi connectivity index (χ1) is 11.6. The molecule has 0 fully saturated rings. The van der Waals surface area contributed by atoms with E-state index >= 15 is 0 Å². The summed E-state index contributed by atoms with van der Waals surface area (Å²) in [7, 11) is 1.57. The Bertz CT molecular complexity index is 999. The van der Waals surface area contributed by atoms with Gasteiger partial charge in [-0.15, -0.1) is 0 Å².